The summed E-state index contributed by atoms with van der Waals surface area (Å²) in [5, 5.41) is 4.20. The molecule has 0 aliphatic heterocycles. The lowest BCUT2D eigenvalue weighted by Gasteiger charge is -2.12. The number of hydrogen-bond acceptors (Lipinski definition) is 5. The van der Waals surface area contributed by atoms with E-state index in [2.05, 4.69) is 15.1 Å². The molecule has 0 fully saturated rings. The standard InChI is InChI=1S/C15H16N6/c1-20(2)15-18-13(10-14(16)19-15)11-4-6-12(7-5-11)21-9-3-8-17-21/h3-10H,1-2H3,(H2,16,18,19). The molecule has 1 aromatic carbocycles. The molecule has 0 radical (unpaired) electrons. The van der Waals surface area contributed by atoms with Crippen molar-refractivity contribution in [1.82, 2.24) is 19.7 Å². The predicted octanol–water partition coefficient (Wildman–Crippen LogP) is 1.98. The van der Waals surface area contributed by atoms with Crippen LogP contribution in [0.25, 0.3) is 16.9 Å². The number of nitrogen functional groups attached to an aromatic ring is 1. The van der Waals surface area contributed by atoms with Crippen LogP contribution >= 0.6 is 0 Å². The first-order valence-electron chi connectivity index (χ1n) is 6.56. The highest BCUT2D eigenvalue weighted by Gasteiger charge is 2.07. The average molecular weight is 280 g/mol. The van der Waals surface area contributed by atoms with Gasteiger partial charge in [-0.3, -0.25) is 0 Å². The normalized spacial score (nSPS) is 10.6. The summed E-state index contributed by atoms with van der Waals surface area (Å²) in [5.41, 5.74) is 8.64. The Hall–Kier alpha value is -2.89. The van der Waals surface area contributed by atoms with Crippen molar-refractivity contribution in [3.63, 3.8) is 0 Å². The summed E-state index contributed by atoms with van der Waals surface area (Å²) in [6.45, 7) is 0. The summed E-state index contributed by atoms with van der Waals surface area (Å²) in [4.78, 5) is 10.5. The van der Waals surface area contributed by atoms with Crippen molar-refractivity contribution in [2.45, 2.75) is 0 Å². The van der Waals surface area contributed by atoms with Gasteiger partial charge < -0.3 is 10.6 Å². The molecule has 6 heteroatoms. The number of nitrogens with zero attached hydrogens (tertiary/aromatic N) is 5. The Bertz CT molecular complexity index is 731. The summed E-state index contributed by atoms with van der Waals surface area (Å²) in [5.74, 6) is 1.06. The zero-order valence-electron chi connectivity index (χ0n) is 11.9. The van der Waals surface area contributed by atoms with Gasteiger partial charge in [-0.05, 0) is 18.2 Å². The maximum atomic E-state index is 5.85. The van der Waals surface area contributed by atoms with Crippen LogP contribution in [0.5, 0.6) is 0 Å². The van der Waals surface area contributed by atoms with Gasteiger partial charge in [-0.1, -0.05) is 12.1 Å². The van der Waals surface area contributed by atoms with E-state index in [1.54, 1.807) is 12.3 Å². The third-order valence-electron chi connectivity index (χ3n) is 3.07. The monoisotopic (exact) mass is 280 g/mol. The minimum absolute atomic E-state index is 0.458. The summed E-state index contributed by atoms with van der Waals surface area (Å²) in [7, 11) is 3.78. The number of anilines is 2. The summed E-state index contributed by atoms with van der Waals surface area (Å²) in [6, 6.07) is 11.7. The van der Waals surface area contributed by atoms with Crippen LogP contribution in [-0.2, 0) is 0 Å². The molecular weight excluding hydrogens is 264 g/mol. The van der Waals surface area contributed by atoms with E-state index in [-0.39, 0.29) is 0 Å². The van der Waals surface area contributed by atoms with Crippen LogP contribution in [0, 0.1) is 0 Å². The van der Waals surface area contributed by atoms with E-state index >= 15 is 0 Å². The molecule has 106 valence electrons. The van der Waals surface area contributed by atoms with Crippen LogP contribution in [0.3, 0.4) is 0 Å². The Labute approximate surface area is 122 Å². The van der Waals surface area contributed by atoms with Crippen LogP contribution in [-0.4, -0.2) is 33.8 Å². The van der Waals surface area contributed by atoms with Crippen LogP contribution in [0.4, 0.5) is 11.8 Å². The van der Waals surface area contributed by atoms with Crippen LogP contribution < -0.4 is 10.6 Å². The van der Waals surface area contributed by atoms with E-state index in [4.69, 9.17) is 5.73 Å². The van der Waals surface area contributed by atoms with Crippen LogP contribution in [0.2, 0.25) is 0 Å². The molecule has 0 spiro atoms. The molecule has 3 rings (SSSR count). The molecule has 0 atom stereocenters. The van der Waals surface area contributed by atoms with Gasteiger partial charge in [0.2, 0.25) is 5.95 Å². The van der Waals surface area contributed by atoms with Crippen LogP contribution in [0.1, 0.15) is 0 Å². The molecule has 0 aliphatic rings. The Morgan fingerprint density at radius 3 is 2.48 bits per heavy atom. The van der Waals surface area contributed by atoms with Crippen molar-refractivity contribution in [3.8, 4) is 16.9 Å². The highest BCUT2D eigenvalue weighted by Crippen LogP contribution is 2.22. The van der Waals surface area contributed by atoms with Crippen LogP contribution in [0.15, 0.2) is 48.8 Å². The minimum atomic E-state index is 0.458. The second-order valence-corrected chi connectivity index (χ2v) is 4.87. The van der Waals surface area contributed by atoms with Gasteiger partial charge in [0.25, 0.3) is 0 Å². The van der Waals surface area contributed by atoms with E-state index in [9.17, 15) is 0 Å². The van der Waals surface area contributed by atoms with Gasteiger partial charge in [-0.15, -0.1) is 0 Å². The zero-order valence-corrected chi connectivity index (χ0v) is 11.9. The lowest BCUT2D eigenvalue weighted by Crippen LogP contribution is -2.14. The SMILES string of the molecule is CN(C)c1nc(N)cc(-c2ccc(-n3cccn3)cc2)n1. The number of hydrogen-bond donors (Lipinski definition) is 1. The second-order valence-electron chi connectivity index (χ2n) is 4.87. The van der Waals surface area contributed by atoms with Gasteiger partial charge in [-0.2, -0.15) is 10.1 Å². The molecule has 21 heavy (non-hydrogen) atoms. The molecule has 2 aromatic heterocycles. The fourth-order valence-electron chi connectivity index (χ4n) is 2.01. The number of aromatic nitrogens is 4. The molecule has 0 unspecified atom stereocenters. The van der Waals surface area contributed by atoms with Gasteiger partial charge >= 0.3 is 0 Å². The predicted molar refractivity (Wildman–Crippen MR) is 83.3 cm³/mol. The fraction of sp³-hybridized carbons (Fsp3) is 0.133. The topological polar surface area (TPSA) is 72.9 Å². The van der Waals surface area contributed by atoms with Gasteiger partial charge in [0, 0.05) is 38.1 Å². The molecule has 0 aliphatic carbocycles. The van der Waals surface area contributed by atoms with Crippen molar-refractivity contribution in [1.29, 1.82) is 0 Å². The summed E-state index contributed by atoms with van der Waals surface area (Å²) >= 11 is 0. The molecule has 0 amide bonds. The molecule has 0 bridgehead atoms. The first-order chi connectivity index (χ1) is 10.1. The lowest BCUT2D eigenvalue weighted by atomic mass is 10.1. The van der Waals surface area contributed by atoms with E-state index in [1.807, 2.05) is 60.2 Å². The van der Waals surface area contributed by atoms with E-state index in [0.717, 1.165) is 16.9 Å². The van der Waals surface area contributed by atoms with Crippen molar-refractivity contribution in [2.75, 3.05) is 24.7 Å². The lowest BCUT2D eigenvalue weighted by molar-refractivity contribution is 0.880. The van der Waals surface area contributed by atoms with Crippen molar-refractivity contribution >= 4 is 11.8 Å². The maximum Gasteiger partial charge on any atom is 0.227 e. The Morgan fingerprint density at radius 2 is 1.86 bits per heavy atom. The highest BCUT2D eigenvalue weighted by molar-refractivity contribution is 5.64. The minimum Gasteiger partial charge on any atom is -0.384 e. The largest absolute Gasteiger partial charge is 0.384 e. The van der Waals surface area contributed by atoms with Crippen molar-refractivity contribution in [2.24, 2.45) is 0 Å². The number of benzene rings is 1. The summed E-state index contributed by atoms with van der Waals surface area (Å²) in [6.07, 6.45) is 3.66. The van der Waals surface area contributed by atoms with Crippen molar-refractivity contribution < 1.29 is 0 Å². The third kappa shape index (κ3) is 2.69. The molecule has 3 aromatic rings. The van der Waals surface area contributed by atoms with E-state index in [0.29, 0.717) is 11.8 Å². The van der Waals surface area contributed by atoms with E-state index < -0.39 is 0 Å². The summed E-state index contributed by atoms with van der Waals surface area (Å²) < 4.78 is 1.81. The molecule has 6 nitrogen and oxygen atoms in total. The first-order valence-corrected chi connectivity index (χ1v) is 6.56. The number of nitrogens with two attached hydrogens (primary N) is 1. The smallest absolute Gasteiger partial charge is 0.227 e. The van der Waals surface area contributed by atoms with Gasteiger partial charge in [0.1, 0.15) is 5.82 Å². The first kappa shape index (κ1) is 13.1. The van der Waals surface area contributed by atoms with Gasteiger partial charge in [0.15, 0.2) is 0 Å². The second kappa shape index (κ2) is 5.24. The highest BCUT2D eigenvalue weighted by atomic mass is 15.3. The van der Waals surface area contributed by atoms with Gasteiger partial charge in [-0.25, -0.2) is 9.67 Å². The Balaban J connectivity index is 1.97. The number of rotatable bonds is 3. The quantitative estimate of drug-likeness (QED) is 0.794. The molecule has 0 saturated heterocycles. The fourth-order valence-corrected chi connectivity index (χ4v) is 2.01. The maximum absolute atomic E-state index is 5.85. The van der Waals surface area contributed by atoms with Crippen molar-refractivity contribution in [3.05, 3.63) is 48.8 Å². The molecule has 2 heterocycles. The Morgan fingerprint density at radius 1 is 1.10 bits per heavy atom. The molecular formula is C15H16N6. The van der Waals surface area contributed by atoms with E-state index in [1.165, 1.54) is 0 Å². The third-order valence-corrected chi connectivity index (χ3v) is 3.07. The van der Waals surface area contributed by atoms with Gasteiger partial charge in [0.05, 0.1) is 11.4 Å². The zero-order chi connectivity index (χ0) is 14.8. The Kier molecular flexibility index (Phi) is 3.27. The average Bonchev–Trinajstić information content (AvgIpc) is 3.01. The molecule has 0 saturated carbocycles. The molecule has 2 N–H and O–H groups in total.